The number of rotatable bonds is 6. The van der Waals surface area contributed by atoms with E-state index in [0.29, 0.717) is 6.54 Å². The molecule has 0 aromatic heterocycles. The lowest BCUT2D eigenvalue weighted by molar-refractivity contribution is -0.121. The average molecular weight is 410 g/mol. The van der Waals surface area contributed by atoms with Crippen LogP contribution in [0.15, 0.2) is 48.5 Å². The fourth-order valence-electron chi connectivity index (χ4n) is 1.95. The molecule has 2 aromatic carbocycles. The molecule has 1 amide bonds. The Morgan fingerprint density at radius 3 is 2.36 bits per heavy atom. The maximum atomic E-state index is 12.1. The zero-order valence-electron chi connectivity index (χ0n) is 12.6. The fraction of sp³-hybridized carbons (Fsp3) is 0.235. The number of benzene rings is 2. The largest absolute Gasteiger partial charge is 0.497 e. The molecule has 116 valence electrons. The molecule has 22 heavy (non-hydrogen) atoms. The number of ether oxygens (including phenoxy) is 1. The highest BCUT2D eigenvalue weighted by atomic mass is 127. The van der Waals surface area contributed by atoms with E-state index < -0.39 is 0 Å². The highest BCUT2D eigenvalue weighted by Gasteiger charge is 2.12. The van der Waals surface area contributed by atoms with Crippen LogP contribution < -0.4 is 15.4 Å². The van der Waals surface area contributed by atoms with Crippen LogP contribution in [0.2, 0.25) is 0 Å². The molecule has 0 saturated heterocycles. The molecule has 0 aliphatic carbocycles. The average Bonchev–Trinajstić information content (AvgIpc) is 2.55. The lowest BCUT2D eigenvalue weighted by atomic mass is 10.2. The number of nitrogens with one attached hydrogen (secondary N) is 2. The summed E-state index contributed by atoms with van der Waals surface area (Å²) >= 11 is 2.25. The van der Waals surface area contributed by atoms with E-state index in [-0.39, 0.29) is 11.9 Å². The van der Waals surface area contributed by atoms with Gasteiger partial charge in [0.25, 0.3) is 0 Å². The molecule has 2 N–H and O–H groups in total. The normalized spacial score (nSPS) is 11.6. The number of hydrogen-bond donors (Lipinski definition) is 2. The van der Waals surface area contributed by atoms with Crippen molar-refractivity contribution in [2.45, 2.75) is 19.5 Å². The summed E-state index contributed by atoms with van der Waals surface area (Å²) in [6.45, 7) is 2.35. The first kappa shape index (κ1) is 16.6. The van der Waals surface area contributed by atoms with Gasteiger partial charge in [0, 0.05) is 15.8 Å². The van der Waals surface area contributed by atoms with Gasteiger partial charge in [-0.3, -0.25) is 4.79 Å². The maximum Gasteiger partial charge on any atom is 0.242 e. The molecule has 0 unspecified atom stereocenters. The van der Waals surface area contributed by atoms with Crippen LogP contribution in [0.1, 0.15) is 12.5 Å². The standard InChI is InChI=1S/C17H19IN2O2/c1-12(20-15-7-5-14(18)6-8-15)17(21)19-11-13-3-9-16(22-2)10-4-13/h3-10,12,20H,11H2,1-2H3,(H,19,21)/t12-/m0/s1. The lowest BCUT2D eigenvalue weighted by Gasteiger charge is -2.15. The van der Waals surface area contributed by atoms with Gasteiger partial charge in [0.05, 0.1) is 7.11 Å². The van der Waals surface area contributed by atoms with E-state index in [1.165, 1.54) is 3.57 Å². The topological polar surface area (TPSA) is 50.4 Å². The molecule has 0 radical (unpaired) electrons. The Kier molecular flexibility index (Phi) is 6.06. The minimum atomic E-state index is -0.293. The van der Waals surface area contributed by atoms with E-state index in [1.807, 2.05) is 55.5 Å². The molecule has 0 bridgehead atoms. The van der Waals surface area contributed by atoms with Crippen molar-refractivity contribution in [3.05, 3.63) is 57.7 Å². The smallest absolute Gasteiger partial charge is 0.242 e. The zero-order valence-corrected chi connectivity index (χ0v) is 14.8. The Balaban J connectivity index is 1.84. The van der Waals surface area contributed by atoms with Crippen LogP contribution in [0, 0.1) is 3.57 Å². The molecule has 0 fully saturated rings. The van der Waals surface area contributed by atoms with Gasteiger partial charge in [0.15, 0.2) is 0 Å². The van der Waals surface area contributed by atoms with E-state index in [9.17, 15) is 4.79 Å². The maximum absolute atomic E-state index is 12.1. The quantitative estimate of drug-likeness (QED) is 0.718. The summed E-state index contributed by atoms with van der Waals surface area (Å²) in [4.78, 5) is 12.1. The van der Waals surface area contributed by atoms with Crippen LogP contribution in [0.25, 0.3) is 0 Å². The lowest BCUT2D eigenvalue weighted by Crippen LogP contribution is -2.37. The highest BCUT2D eigenvalue weighted by Crippen LogP contribution is 2.13. The van der Waals surface area contributed by atoms with E-state index in [1.54, 1.807) is 7.11 Å². The Labute approximate surface area is 144 Å². The predicted octanol–water partition coefficient (Wildman–Crippen LogP) is 3.42. The van der Waals surface area contributed by atoms with Crippen molar-refractivity contribution < 1.29 is 9.53 Å². The summed E-state index contributed by atoms with van der Waals surface area (Å²) in [5, 5.41) is 6.11. The number of anilines is 1. The van der Waals surface area contributed by atoms with Gasteiger partial charge in [-0.05, 0) is 71.5 Å². The Morgan fingerprint density at radius 2 is 1.77 bits per heavy atom. The summed E-state index contributed by atoms with van der Waals surface area (Å²) < 4.78 is 6.28. The number of carbonyl (C=O) groups excluding carboxylic acids is 1. The van der Waals surface area contributed by atoms with Crippen molar-refractivity contribution in [2.75, 3.05) is 12.4 Å². The van der Waals surface area contributed by atoms with Gasteiger partial charge in [-0.25, -0.2) is 0 Å². The summed E-state index contributed by atoms with van der Waals surface area (Å²) in [5.74, 6) is 0.776. The summed E-state index contributed by atoms with van der Waals surface area (Å²) in [5.41, 5.74) is 1.98. The number of methoxy groups -OCH3 is 1. The third-order valence-electron chi connectivity index (χ3n) is 3.25. The molecule has 0 saturated carbocycles. The van der Waals surface area contributed by atoms with Gasteiger partial charge in [-0.15, -0.1) is 0 Å². The van der Waals surface area contributed by atoms with Crippen molar-refractivity contribution in [3.8, 4) is 5.75 Å². The molecule has 5 heteroatoms. The van der Waals surface area contributed by atoms with Crippen LogP contribution in [0.3, 0.4) is 0 Å². The molecule has 2 rings (SSSR count). The van der Waals surface area contributed by atoms with Gasteiger partial charge in [0.1, 0.15) is 11.8 Å². The third-order valence-corrected chi connectivity index (χ3v) is 3.97. The second kappa shape index (κ2) is 8.03. The SMILES string of the molecule is COc1ccc(CNC(=O)[C@H](C)Nc2ccc(I)cc2)cc1. The number of halogens is 1. The van der Waals surface area contributed by atoms with Crippen molar-refractivity contribution in [1.82, 2.24) is 5.32 Å². The first-order valence-corrected chi connectivity index (χ1v) is 8.09. The van der Waals surface area contributed by atoms with E-state index in [2.05, 4.69) is 33.2 Å². The summed E-state index contributed by atoms with van der Waals surface area (Å²) in [6, 6.07) is 15.3. The van der Waals surface area contributed by atoms with Crippen molar-refractivity contribution >= 4 is 34.2 Å². The Morgan fingerprint density at radius 1 is 1.14 bits per heavy atom. The fourth-order valence-corrected chi connectivity index (χ4v) is 2.31. The number of amides is 1. The Bertz CT molecular complexity index is 612. The summed E-state index contributed by atoms with van der Waals surface area (Å²) in [7, 11) is 1.63. The number of carbonyl (C=O) groups is 1. The third kappa shape index (κ3) is 4.91. The second-order valence-corrected chi connectivity index (χ2v) is 6.18. The van der Waals surface area contributed by atoms with Crippen LogP contribution in [0.4, 0.5) is 5.69 Å². The molecule has 0 spiro atoms. The summed E-state index contributed by atoms with van der Waals surface area (Å²) in [6.07, 6.45) is 0. The molecule has 0 aliphatic heterocycles. The van der Waals surface area contributed by atoms with Crippen molar-refractivity contribution in [1.29, 1.82) is 0 Å². The van der Waals surface area contributed by atoms with Gasteiger partial charge in [-0.2, -0.15) is 0 Å². The zero-order chi connectivity index (χ0) is 15.9. The molecule has 1 atom stereocenters. The van der Waals surface area contributed by atoms with E-state index in [0.717, 1.165) is 17.0 Å². The van der Waals surface area contributed by atoms with Crippen LogP contribution in [-0.2, 0) is 11.3 Å². The van der Waals surface area contributed by atoms with E-state index in [4.69, 9.17) is 4.74 Å². The molecule has 0 aliphatic rings. The van der Waals surface area contributed by atoms with Crippen molar-refractivity contribution in [2.24, 2.45) is 0 Å². The molecule has 4 nitrogen and oxygen atoms in total. The Hall–Kier alpha value is -1.76. The van der Waals surface area contributed by atoms with Gasteiger partial charge in [0.2, 0.25) is 5.91 Å². The minimum absolute atomic E-state index is 0.0330. The number of hydrogen-bond acceptors (Lipinski definition) is 3. The van der Waals surface area contributed by atoms with Gasteiger partial charge in [-0.1, -0.05) is 12.1 Å². The monoisotopic (exact) mass is 410 g/mol. The van der Waals surface area contributed by atoms with Crippen LogP contribution in [-0.4, -0.2) is 19.1 Å². The molecule has 2 aromatic rings. The first-order valence-electron chi connectivity index (χ1n) is 7.01. The van der Waals surface area contributed by atoms with Gasteiger partial charge >= 0.3 is 0 Å². The second-order valence-electron chi connectivity index (χ2n) is 4.94. The van der Waals surface area contributed by atoms with Crippen LogP contribution in [0.5, 0.6) is 5.75 Å². The highest BCUT2D eigenvalue weighted by molar-refractivity contribution is 14.1. The van der Waals surface area contributed by atoms with Crippen LogP contribution >= 0.6 is 22.6 Å². The first-order chi connectivity index (χ1) is 10.6. The van der Waals surface area contributed by atoms with E-state index >= 15 is 0 Å². The van der Waals surface area contributed by atoms with Gasteiger partial charge < -0.3 is 15.4 Å². The molecular formula is C17H19IN2O2. The molecular weight excluding hydrogens is 391 g/mol. The van der Waals surface area contributed by atoms with Crippen molar-refractivity contribution in [3.63, 3.8) is 0 Å². The molecule has 0 heterocycles. The predicted molar refractivity (Wildman–Crippen MR) is 97.1 cm³/mol. The minimum Gasteiger partial charge on any atom is -0.497 e.